The Morgan fingerprint density at radius 2 is 2.17 bits per heavy atom. The Morgan fingerprint density at radius 1 is 1.22 bits per heavy atom. The lowest BCUT2D eigenvalue weighted by Gasteiger charge is -2.25. The largest absolute Gasteiger partial charge is 0.306 e. The average molecular weight is 254 g/mol. The highest BCUT2D eigenvalue weighted by molar-refractivity contribution is 8.04. The van der Waals surface area contributed by atoms with Crippen LogP contribution in [-0.2, 0) is 4.75 Å². The summed E-state index contributed by atoms with van der Waals surface area (Å²) < 4.78 is -0.265. The number of hydrogen-bond donors (Lipinski definition) is 2. The van der Waals surface area contributed by atoms with E-state index in [-0.39, 0.29) is 4.75 Å². The molecule has 3 aliphatic heterocycles. The van der Waals surface area contributed by atoms with Crippen LogP contribution in [0.2, 0.25) is 0 Å². The van der Waals surface area contributed by atoms with Crippen molar-refractivity contribution in [2.45, 2.75) is 4.75 Å². The molecule has 3 heterocycles. The van der Waals surface area contributed by atoms with Crippen LogP contribution in [0, 0.1) is 0 Å². The van der Waals surface area contributed by atoms with Gasteiger partial charge in [0, 0.05) is 29.8 Å². The number of fused-ring (bicyclic) bond motifs is 4. The molecule has 0 radical (unpaired) electrons. The maximum atomic E-state index is 4.55. The number of hydrogen-bond acceptors (Lipinski definition) is 5. The number of hydrazine groups is 1. The van der Waals surface area contributed by atoms with Crippen LogP contribution < -0.4 is 10.9 Å². The zero-order chi connectivity index (χ0) is 12.0. The van der Waals surface area contributed by atoms with Gasteiger partial charge < -0.3 is 5.43 Å². The summed E-state index contributed by atoms with van der Waals surface area (Å²) in [4.78, 5) is 8.94. The molecule has 0 fully saturated rings. The molecular weight excluding hydrogens is 244 g/mol. The summed E-state index contributed by atoms with van der Waals surface area (Å²) in [5.74, 6) is 0.861. The number of thioether (sulfide) groups is 1. The van der Waals surface area contributed by atoms with Crippen molar-refractivity contribution in [3.8, 4) is 0 Å². The maximum Gasteiger partial charge on any atom is 0.151 e. The second kappa shape index (κ2) is 3.49. The zero-order valence-corrected chi connectivity index (χ0v) is 10.2. The van der Waals surface area contributed by atoms with Gasteiger partial charge in [-0.1, -0.05) is 18.2 Å². The monoisotopic (exact) mass is 254 g/mol. The fourth-order valence-electron chi connectivity index (χ4n) is 2.44. The molecule has 1 unspecified atom stereocenters. The fraction of sp³-hybridized carbons (Fsp3) is 0.0769. The lowest BCUT2D eigenvalue weighted by Crippen LogP contribution is -2.32. The predicted molar refractivity (Wildman–Crippen MR) is 74.8 cm³/mol. The van der Waals surface area contributed by atoms with E-state index in [0.29, 0.717) is 0 Å². The molecule has 0 saturated heterocycles. The van der Waals surface area contributed by atoms with E-state index >= 15 is 0 Å². The minimum absolute atomic E-state index is 0.265. The molecule has 0 aromatic heterocycles. The molecule has 4 nitrogen and oxygen atoms in total. The van der Waals surface area contributed by atoms with Crippen molar-refractivity contribution in [3.63, 3.8) is 0 Å². The normalized spacial score (nSPS) is 26.9. The maximum absolute atomic E-state index is 4.55. The van der Waals surface area contributed by atoms with Crippen LogP contribution in [0.5, 0.6) is 0 Å². The number of nitrogens with zero attached hydrogens (tertiary/aromatic N) is 2. The van der Waals surface area contributed by atoms with Crippen molar-refractivity contribution >= 4 is 29.5 Å². The molecule has 0 bridgehead atoms. The van der Waals surface area contributed by atoms with Crippen LogP contribution in [0.25, 0.3) is 0 Å². The lowest BCUT2D eigenvalue weighted by molar-refractivity contribution is 0.850. The molecule has 0 saturated carbocycles. The van der Waals surface area contributed by atoms with E-state index in [9.17, 15) is 0 Å². The van der Waals surface area contributed by atoms with Crippen molar-refractivity contribution in [1.29, 1.82) is 0 Å². The Hall–Kier alpha value is -2.01. The summed E-state index contributed by atoms with van der Waals surface area (Å²) in [6, 6.07) is 8.24. The first-order valence-electron chi connectivity index (χ1n) is 5.68. The minimum Gasteiger partial charge on any atom is -0.306 e. The first-order valence-corrected chi connectivity index (χ1v) is 6.56. The summed E-state index contributed by atoms with van der Waals surface area (Å²) in [5.41, 5.74) is 9.45. The van der Waals surface area contributed by atoms with Gasteiger partial charge in [0.15, 0.2) is 5.84 Å². The highest BCUT2D eigenvalue weighted by Crippen LogP contribution is 2.50. The zero-order valence-electron chi connectivity index (χ0n) is 9.42. The van der Waals surface area contributed by atoms with Crippen LogP contribution >= 0.6 is 11.8 Å². The van der Waals surface area contributed by atoms with Crippen LogP contribution in [0.1, 0.15) is 5.56 Å². The quantitative estimate of drug-likeness (QED) is 0.746. The van der Waals surface area contributed by atoms with Gasteiger partial charge in [-0.25, -0.2) is 4.99 Å². The molecule has 5 heteroatoms. The van der Waals surface area contributed by atoms with E-state index in [1.807, 2.05) is 36.2 Å². The van der Waals surface area contributed by atoms with Crippen LogP contribution in [0.4, 0.5) is 5.69 Å². The number of rotatable bonds is 0. The smallest absolute Gasteiger partial charge is 0.151 e. The average Bonchev–Trinajstić information content (AvgIpc) is 2.96. The van der Waals surface area contributed by atoms with E-state index in [2.05, 4.69) is 33.0 Å². The molecule has 0 amide bonds. The van der Waals surface area contributed by atoms with Gasteiger partial charge in [0.05, 0.1) is 5.69 Å². The Labute approximate surface area is 109 Å². The fourth-order valence-corrected chi connectivity index (χ4v) is 3.47. The molecule has 1 atom stereocenters. The van der Waals surface area contributed by atoms with Gasteiger partial charge in [0.2, 0.25) is 0 Å². The number of benzene rings is 1. The van der Waals surface area contributed by atoms with E-state index in [1.165, 1.54) is 5.56 Å². The van der Waals surface area contributed by atoms with Gasteiger partial charge >= 0.3 is 0 Å². The molecule has 2 N–H and O–H groups in total. The standard InChI is InChI=1S/C13H10N4S/c1-2-4-11-9(3-1)13(8-15-11)10-7-16-17-12(10)14-5-6-18-13/h1-8H,(H2,14,16,17). The summed E-state index contributed by atoms with van der Waals surface area (Å²) >= 11 is 1.72. The highest BCUT2D eigenvalue weighted by Gasteiger charge is 2.44. The van der Waals surface area contributed by atoms with Crippen molar-refractivity contribution in [2.75, 3.05) is 0 Å². The minimum atomic E-state index is -0.265. The number of nitrogens with one attached hydrogen (secondary N) is 2. The number of aliphatic imine (C=N–C) groups is 2. The molecule has 18 heavy (non-hydrogen) atoms. The first kappa shape index (κ1) is 9.96. The summed E-state index contributed by atoms with van der Waals surface area (Å²) in [7, 11) is 0. The van der Waals surface area contributed by atoms with Crippen LogP contribution in [-0.4, -0.2) is 12.1 Å². The second-order valence-electron chi connectivity index (χ2n) is 4.22. The first-order chi connectivity index (χ1) is 8.90. The van der Waals surface area contributed by atoms with Gasteiger partial charge in [0.1, 0.15) is 4.75 Å². The van der Waals surface area contributed by atoms with Gasteiger partial charge in [-0.3, -0.25) is 10.4 Å². The Kier molecular flexibility index (Phi) is 1.93. The Bertz CT molecular complexity index is 644. The third-order valence-electron chi connectivity index (χ3n) is 3.27. The SMILES string of the molecule is C1=CSC2(C=Nc3ccccc32)C2=CNNC2=N1. The highest BCUT2D eigenvalue weighted by atomic mass is 32.2. The van der Waals surface area contributed by atoms with E-state index in [1.54, 1.807) is 11.8 Å². The van der Waals surface area contributed by atoms with E-state index in [4.69, 9.17) is 0 Å². The molecule has 88 valence electrons. The van der Waals surface area contributed by atoms with Gasteiger partial charge in [-0.2, -0.15) is 0 Å². The summed E-state index contributed by atoms with van der Waals surface area (Å²) in [6.45, 7) is 0. The van der Waals surface area contributed by atoms with Gasteiger partial charge in [0.25, 0.3) is 0 Å². The van der Waals surface area contributed by atoms with Crippen molar-refractivity contribution < 1.29 is 0 Å². The third kappa shape index (κ3) is 1.17. The summed E-state index contributed by atoms with van der Waals surface area (Å²) in [5, 5.41) is 2.02. The van der Waals surface area contributed by atoms with Crippen LogP contribution in [0.3, 0.4) is 0 Å². The lowest BCUT2D eigenvalue weighted by atomic mass is 9.92. The predicted octanol–water partition coefficient (Wildman–Crippen LogP) is 2.21. The van der Waals surface area contributed by atoms with Gasteiger partial charge in [-0.15, -0.1) is 11.8 Å². The topological polar surface area (TPSA) is 48.8 Å². The third-order valence-corrected chi connectivity index (χ3v) is 4.45. The second-order valence-corrected chi connectivity index (χ2v) is 5.37. The molecule has 1 spiro atoms. The van der Waals surface area contributed by atoms with Crippen LogP contribution in [0.15, 0.2) is 57.6 Å². The van der Waals surface area contributed by atoms with Gasteiger partial charge in [-0.05, 0) is 11.5 Å². The number of para-hydroxylation sites is 1. The molecule has 0 aliphatic carbocycles. The Balaban J connectivity index is 1.97. The summed E-state index contributed by atoms with van der Waals surface area (Å²) in [6.07, 6.45) is 5.79. The molecule has 4 rings (SSSR count). The molecule has 3 aliphatic rings. The van der Waals surface area contributed by atoms with Crippen molar-refractivity contribution in [1.82, 2.24) is 10.9 Å². The van der Waals surface area contributed by atoms with E-state index in [0.717, 1.165) is 17.1 Å². The molecular formula is C13H10N4S. The van der Waals surface area contributed by atoms with Crippen molar-refractivity contribution in [2.24, 2.45) is 9.98 Å². The van der Waals surface area contributed by atoms with E-state index < -0.39 is 0 Å². The Morgan fingerprint density at radius 3 is 3.17 bits per heavy atom. The number of amidine groups is 1. The molecule has 1 aromatic rings. The molecule has 1 aromatic carbocycles. The van der Waals surface area contributed by atoms with Crippen molar-refractivity contribution in [3.05, 3.63) is 53.2 Å².